The van der Waals surface area contributed by atoms with Gasteiger partial charge in [0, 0.05) is 33.4 Å². The summed E-state index contributed by atoms with van der Waals surface area (Å²) in [4.78, 5) is 24.9. The average Bonchev–Trinajstić information content (AvgIpc) is 3.35. The van der Waals surface area contributed by atoms with E-state index in [4.69, 9.17) is 24.9 Å². The number of nitrogens with zero attached hydrogens (tertiary/aromatic N) is 5. The van der Waals surface area contributed by atoms with Crippen molar-refractivity contribution in [3.8, 4) is 101 Å². The number of rotatable bonds is 9. The zero-order chi connectivity index (χ0) is 40.1. The van der Waals surface area contributed by atoms with Gasteiger partial charge in [0.25, 0.3) is 0 Å². The van der Waals surface area contributed by atoms with Gasteiger partial charge in [0.15, 0.2) is 23.3 Å². The number of hydrogen-bond acceptors (Lipinski definition) is 5. The first-order valence-electron chi connectivity index (χ1n) is 20.0. The number of aromatic nitrogens is 5. The second-order valence-corrected chi connectivity index (χ2v) is 14.5. The molecule has 0 aliphatic heterocycles. The number of benzene rings is 8. The van der Waals surface area contributed by atoms with Crippen molar-refractivity contribution in [2.45, 2.75) is 0 Å². The van der Waals surface area contributed by atoms with Gasteiger partial charge in [-0.1, -0.05) is 212 Å². The molecule has 8 aromatic carbocycles. The van der Waals surface area contributed by atoms with Crippen molar-refractivity contribution in [1.82, 2.24) is 24.9 Å². The van der Waals surface area contributed by atoms with Crippen LogP contribution in [0.5, 0.6) is 0 Å². The summed E-state index contributed by atoms with van der Waals surface area (Å²) in [5.74, 6) is 2.58. The Morgan fingerprint density at radius 3 is 0.833 bits per heavy atom. The molecule has 0 spiro atoms. The molecule has 0 saturated carbocycles. The SMILES string of the molecule is c1ccc(-c2ccc(-c3ccc(-c4cc(-c5ccc(-c6cccc(-c7nc(-c8ccccc8)nc(-c8ccccc8)n7)c6)cc5)nc(-c5ccccc5)n4)cc3)cc2)cc1. The Labute approximate surface area is 349 Å². The molecular formula is C55H37N5. The molecular weight excluding hydrogens is 731 g/mol. The molecule has 2 aromatic heterocycles. The molecule has 10 aromatic rings. The first-order valence-corrected chi connectivity index (χ1v) is 20.0. The zero-order valence-corrected chi connectivity index (χ0v) is 32.6. The minimum atomic E-state index is 0.622. The summed E-state index contributed by atoms with van der Waals surface area (Å²) >= 11 is 0. The van der Waals surface area contributed by atoms with Gasteiger partial charge in [0.1, 0.15) is 0 Å². The Kier molecular flexibility index (Phi) is 9.88. The molecule has 0 aliphatic rings. The van der Waals surface area contributed by atoms with Crippen LogP contribution in [0.25, 0.3) is 101 Å². The van der Waals surface area contributed by atoms with Gasteiger partial charge in [-0.3, -0.25) is 0 Å². The molecule has 0 radical (unpaired) electrons. The Morgan fingerprint density at radius 1 is 0.167 bits per heavy atom. The molecule has 0 atom stereocenters. The maximum Gasteiger partial charge on any atom is 0.164 e. The third-order valence-electron chi connectivity index (χ3n) is 10.6. The second kappa shape index (κ2) is 16.4. The lowest BCUT2D eigenvalue weighted by Crippen LogP contribution is -2.00. The zero-order valence-electron chi connectivity index (χ0n) is 32.6. The standard InChI is InChI=1S/C55H37N5/c1-5-14-38(15-6-1)39-24-26-40(27-25-39)41-28-32-43(33-29-41)50-37-51(57-52(56-50)45-16-7-2-8-17-45)44-34-30-42(31-35-44)48-22-13-23-49(36-48)55-59-53(46-18-9-3-10-19-46)58-54(60-55)47-20-11-4-12-21-47/h1-37H. The van der Waals surface area contributed by atoms with Crippen LogP contribution in [-0.4, -0.2) is 24.9 Å². The molecule has 5 nitrogen and oxygen atoms in total. The summed E-state index contributed by atoms with van der Waals surface area (Å²) in [7, 11) is 0. The summed E-state index contributed by atoms with van der Waals surface area (Å²) < 4.78 is 0. The third-order valence-corrected chi connectivity index (χ3v) is 10.6. The summed E-state index contributed by atoms with van der Waals surface area (Å²) in [6.07, 6.45) is 0. The van der Waals surface area contributed by atoms with Crippen molar-refractivity contribution in [2.75, 3.05) is 0 Å². The molecule has 60 heavy (non-hydrogen) atoms. The lowest BCUT2D eigenvalue weighted by molar-refractivity contribution is 1.07. The van der Waals surface area contributed by atoms with Gasteiger partial charge < -0.3 is 0 Å². The van der Waals surface area contributed by atoms with Crippen molar-refractivity contribution in [2.24, 2.45) is 0 Å². The fourth-order valence-corrected chi connectivity index (χ4v) is 7.39. The Balaban J connectivity index is 0.959. The Morgan fingerprint density at radius 2 is 0.433 bits per heavy atom. The maximum atomic E-state index is 5.09. The summed E-state index contributed by atoms with van der Waals surface area (Å²) in [5.41, 5.74) is 14.4. The van der Waals surface area contributed by atoms with Gasteiger partial charge in [0.05, 0.1) is 11.4 Å². The molecule has 0 amide bonds. The van der Waals surface area contributed by atoms with Gasteiger partial charge in [-0.2, -0.15) is 0 Å². The molecule has 2 heterocycles. The van der Waals surface area contributed by atoms with Crippen molar-refractivity contribution in [3.05, 3.63) is 224 Å². The van der Waals surface area contributed by atoms with E-state index in [1.54, 1.807) is 0 Å². The van der Waals surface area contributed by atoms with Crippen LogP contribution in [0.3, 0.4) is 0 Å². The Bertz CT molecular complexity index is 2970. The molecule has 0 N–H and O–H groups in total. The van der Waals surface area contributed by atoms with Crippen molar-refractivity contribution in [1.29, 1.82) is 0 Å². The maximum absolute atomic E-state index is 5.09. The van der Waals surface area contributed by atoms with Gasteiger partial charge >= 0.3 is 0 Å². The van der Waals surface area contributed by atoms with Crippen LogP contribution >= 0.6 is 0 Å². The molecule has 0 fully saturated rings. The van der Waals surface area contributed by atoms with Crippen molar-refractivity contribution >= 4 is 0 Å². The van der Waals surface area contributed by atoms with E-state index in [9.17, 15) is 0 Å². The first kappa shape index (κ1) is 36.2. The van der Waals surface area contributed by atoms with Gasteiger partial charge in [-0.15, -0.1) is 0 Å². The van der Waals surface area contributed by atoms with Crippen LogP contribution in [0.15, 0.2) is 224 Å². The normalized spacial score (nSPS) is 11.0. The van der Waals surface area contributed by atoms with E-state index < -0.39 is 0 Å². The van der Waals surface area contributed by atoms with E-state index in [2.05, 4.69) is 140 Å². The van der Waals surface area contributed by atoms with E-state index in [1.807, 2.05) is 84.9 Å². The predicted molar refractivity (Wildman–Crippen MR) is 244 cm³/mol. The largest absolute Gasteiger partial charge is 0.228 e. The van der Waals surface area contributed by atoms with Crippen LogP contribution < -0.4 is 0 Å². The third kappa shape index (κ3) is 7.76. The second-order valence-electron chi connectivity index (χ2n) is 14.5. The minimum absolute atomic E-state index is 0.622. The van der Waals surface area contributed by atoms with Crippen LogP contribution in [0.1, 0.15) is 0 Å². The highest BCUT2D eigenvalue weighted by Crippen LogP contribution is 2.33. The van der Waals surface area contributed by atoms with Crippen LogP contribution in [0.2, 0.25) is 0 Å². The van der Waals surface area contributed by atoms with E-state index >= 15 is 0 Å². The topological polar surface area (TPSA) is 64.5 Å². The molecule has 0 aliphatic carbocycles. The first-order chi connectivity index (χ1) is 29.7. The van der Waals surface area contributed by atoms with Gasteiger partial charge in [-0.25, -0.2) is 24.9 Å². The molecule has 0 unspecified atom stereocenters. The molecule has 5 heteroatoms. The fourth-order valence-electron chi connectivity index (χ4n) is 7.39. The van der Waals surface area contributed by atoms with Crippen LogP contribution in [0, 0.1) is 0 Å². The lowest BCUT2D eigenvalue weighted by Gasteiger charge is -2.11. The molecule has 282 valence electrons. The Hall–Kier alpha value is -8.15. The van der Waals surface area contributed by atoms with E-state index in [0.29, 0.717) is 23.3 Å². The van der Waals surface area contributed by atoms with E-state index in [1.165, 1.54) is 16.7 Å². The van der Waals surface area contributed by atoms with Crippen molar-refractivity contribution < 1.29 is 0 Å². The highest BCUT2D eigenvalue weighted by atomic mass is 15.0. The molecule has 10 rings (SSSR count). The van der Waals surface area contributed by atoms with Crippen LogP contribution in [0.4, 0.5) is 0 Å². The summed E-state index contributed by atoms with van der Waals surface area (Å²) in [6.45, 7) is 0. The highest BCUT2D eigenvalue weighted by Gasteiger charge is 2.15. The molecule has 0 saturated heterocycles. The average molecular weight is 768 g/mol. The van der Waals surface area contributed by atoms with Crippen molar-refractivity contribution in [3.63, 3.8) is 0 Å². The molecule has 0 bridgehead atoms. The monoisotopic (exact) mass is 767 g/mol. The van der Waals surface area contributed by atoms with E-state index in [-0.39, 0.29) is 0 Å². The van der Waals surface area contributed by atoms with Gasteiger partial charge in [-0.05, 0) is 45.5 Å². The quantitative estimate of drug-likeness (QED) is 0.146. The van der Waals surface area contributed by atoms with E-state index in [0.717, 1.165) is 61.5 Å². The fraction of sp³-hybridized carbons (Fsp3) is 0. The predicted octanol–water partition coefficient (Wildman–Crippen LogP) is 13.7. The number of hydrogen-bond donors (Lipinski definition) is 0. The summed E-state index contributed by atoms with van der Waals surface area (Å²) in [6, 6.07) is 77.1. The smallest absolute Gasteiger partial charge is 0.164 e. The summed E-state index contributed by atoms with van der Waals surface area (Å²) in [5, 5.41) is 0. The lowest BCUT2D eigenvalue weighted by atomic mass is 9.98. The highest BCUT2D eigenvalue weighted by molar-refractivity contribution is 5.78. The van der Waals surface area contributed by atoms with Crippen LogP contribution in [-0.2, 0) is 0 Å². The van der Waals surface area contributed by atoms with Gasteiger partial charge in [0.2, 0.25) is 0 Å². The minimum Gasteiger partial charge on any atom is -0.228 e.